The molecule has 0 unspecified atom stereocenters. The van der Waals surface area contributed by atoms with Crippen LogP contribution >= 0.6 is 0 Å². The lowest BCUT2D eigenvalue weighted by molar-refractivity contribution is 0.229. The number of phenolic OH excluding ortho intramolecular Hbond substituents is 1. The van der Waals surface area contributed by atoms with Gasteiger partial charge >= 0.3 is 0 Å². The molecule has 0 radical (unpaired) electrons. The molecule has 0 amide bonds. The quantitative estimate of drug-likeness (QED) is 0.806. The normalized spacial score (nSPS) is 16.7. The predicted octanol–water partition coefficient (Wildman–Crippen LogP) is 2.25. The molecule has 1 heterocycles. The Labute approximate surface area is 112 Å². The number of hydrogen-bond acceptors (Lipinski definition) is 3. The Morgan fingerprint density at radius 2 is 1.74 bits per heavy atom. The summed E-state index contributed by atoms with van der Waals surface area (Å²) < 4.78 is 26.2. The van der Waals surface area contributed by atoms with E-state index in [0.717, 1.165) is 38.3 Å². The topological polar surface area (TPSA) is 35.5 Å². The van der Waals surface area contributed by atoms with Crippen molar-refractivity contribution in [2.24, 2.45) is 0 Å². The largest absolute Gasteiger partial charge is 0.503 e. The Morgan fingerprint density at radius 3 is 2.37 bits per heavy atom. The first-order valence-corrected chi connectivity index (χ1v) is 6.77. The van der Waals surface area contributed by atoms with Crippen molar-refractivity contribution < 1.29 is 13.9 Å². The van der Waals surface area contributed by atoms with Gasteiger partial charge in [-0.3, -0.25) is 0 Å². The summed E-state index contributed by atoms with van der Waals surface area (Å²) in [7, 11) is 0. The molecule has 2 N–H and O–H groups in total. The first kappa shape index (κ1) is 14.2. The van der Waals surface area contributed by atoms with Gasteiger partial charge in [0.15, 0.2) is 17.4 Å². The molecule has 0 aromatic heterocycles. The van der Waals surface area contributed by atoms with Gasteiger partial charge in [0.05, 0.1) is 0 Å². The van der Waals surface area contributed by atoms with E-state index < -0.39 is 17.4 Å². The van der Waals surface area contributed by atoms with E-state index in [1.807, 2.05) is 0 Å². The highest BCUT2D eigenvalue weighted by Crippen LogP contribution is 2.21. The fourth-order valence-electron chi connectivity index (χ4n) is 2.37. The monoisotopic (exact) mass is 270 g/mol. The average molecular weight is 270 g/mol. The van der Waals surface area contributed by atoms with Crippen LogP contribution in [0.1, 0.15) is 24.8 Å². The van der Waals surface area contributed by atoms with Gasteiger partial charge in [-0.05, 0) is 43.6 Å². The van der Waals surface area contributed by atoms with Crippen LogP contribution in [0, 0.1) is 11.6 Å². The van der Waals surface area contributed by atoms with E-state index in [1.165, 1.54) is 19.3 Å². The second kappa shape index (κ2) is 6.82. The third-order valence-electron chi connectivity index (χ3n) is 3.46. The lowest BCUT2D eigenvalue weighted by Gasteiger charge is -2.26. The van der Waals surface area contributed by atoms with Gasteiger partial charge in [0.2, 0.25) is 0 Å². The first-order valence-electron chi connectivity index (χ1n) is 6.77. The number of phenols is 1. The van der Waals surface area contributed by atoms with Crippen LogP contribution in [0.4, 0.5) is 8.78 Å². The molecule has 19 heavy (non-hydrogen) atoms. The summed E-state index contributed by atoms with van der Waals surface area (Å²) in [6.07, 6.45) is 3.83. The summed E-state index contributed by atoms with van der Waals surface area (Å²) in [4.78, 5) is 2.40. The summed E-state index contributed by atoms with van der Waals surface area (Å²) in [5.74, 6) is -2.72. The maximum atomic E-state index is 13.1. The van der Waals surface area contributed by atoms with E-state index in [1.54, 1.807) is 0 Å². The summed E-state index contributed by atoms with van der Waals surface area (Å²) >= 11 is 0. The second-order valence-corrected chi connectivity index (χ2v) is 4.99. The van der Waals surface area contributed by atoms with Crippen molar-refractivity contribution in [3.05, 3.63) is 29.3 Å². The summed E-state index contributed by atoms with van der Waals surface area (Å²) in [6, 6.07) is 2.32. The number of benzene rings is 1. The van der Waals surface area contributed by atoms with Crippen molar-refractivity contribution in [3.8, 4) is 5.75 Å². The standard InChI is InChI=1S/C14H20F2N2O/c15-12-8-11(9-13(16)14(12)19)10-17-4-7-18-5-2-1-3-6-18/h8-9,17,19H,1-7,10H2. The molecule has 0 saturated carbocycles. The van der Waals surface area contributed by atoms with Crippen LogP contribution in [0.15, 0.2) is 12.1 Å². The fraction of sp³-hybridized carbons (Fsp3) is 0.571. The van der Waals surface area contributed by atoms with Crippen LogP contribution in [-0.4, -0.2) is 36.2 Å². The van der Waals surface area contributed by atoms with Gasteiger partial charge in [0.1, 0.15) is 0 Å². The molecule has 106 valence electrons. The Hall–Kier alpha value is -1.20. The molecule has 1 aliphatic heterocycles. The Balaban J connectivity index is 1.73. The molecule has 1 aromatic carbocycles. The maximum absolute atomic E-state index is 13.1. The van der Waals surface area contributed by atoms with Crippen molar-refractivity contribution >= 4 is 0 Å². The molecule has 0 aliphatic carbocycles. The number of halogens is 2. The van der Waals surface area contributed by atoms with Gasteiger partial charge in [-0.1, -0.05) is 6.42 Å². The van der Waals surface area contributed by atoms with E-state index in [9.17, 15) is 8.78 Å². The van der Waals surface area contributed by atoms with Gasteiger partial charge in [-0.2, -0.15) is 0 Å². The van der Waals surface area contributed by atoms with E-state index in [2.05, 4.69) is 10.2 Å². The number of nitrogens with zero attached hydrogens (tertiary/aromatic N) is 1. The van der Waals surface area contributed by atoms with E-state index >= 15 is 0 Å². The van der Waals surface area contributed by atoms with Crippen LogP contribution in [0.25, 0.3) is 0 Å². The average Bonchev–Trinajstić information content (AvgIpc) is 2.42. The second-order valence-electron chi connectivity index (χ2n) is 4.99. The zero-order chi connectivity index (χ0) is 13.7. The van der Waals surface area contributed by atoms with Crippen molar-refractivity contribution in [1.82, 2.24) is 10.2 Å². The third kappa shape index (κ3) is 4.14. The molecule has 1 aliphatic rings. The van der Waals surface area contributed by atoms with Crippen LogP contribution in [0.5, 0.6) is 5.75 Å². The molecule has 1 aromatic rings. The Bertz CT molecular complexity index is 397. The number of nitrogens with one attached hydrogen (secondary N) is 1. The van der Waals surface area contributed by atoms with Crippen LogP contribution in [0.2, 0.25) is 0 Å². The minimum atomic E-state index is -0.909. The Kier molecular flexibility index (Phi) is 5.10. The summed E-state index contributed by atoms with van der Waals surface area (Å²) in [5.41, 5.74) is 0.506. The lowest BCUT2D eigenvalue weighted by Crippen LogP contribution is -2.35. The van der Waals surface area contributed by atoms with Crippen molar-refractivity contribution in [3.63, 3.8) is 0 Å². The lowest BCUT2D eigenvalue weighted by atomic mass is 10.1. The molecule has 0 bridgehead atoms. The van der Waals surface area contributed by atoms with Crippen LogP contribution < -0.4 is 5.32 Å². The minimum absolute atomic E-state index is 0.405. The van der Waals surface area contributed by atoms with Crippen LogP contribution in [0.3, 0.4) is 0 Å². The minimum Gasteiger partial charge on any atom is -0.503 e. The molecular weight excluding hydrogens is 250 g/mol. The summed E-state index contributed by atoms with van der Waals surface area (Å²) in [5, 5.41) is 12.2. The van der Waals surface area contributed by atoms with Crippen LogP contribution in [-0.2, 0) is 6.54 Å². The molecule has 0 atom stereocenters. The SMILES string of the molecule is Oc1c(F)cc(CNCCN2CCCCC2)cc1F. The van der Waals surface area contributed by atoms with Crippen molar-refractivity contribution in [2.75, 3.05) is 26.2 Å². The Morgan fingerprint density at radius 1 is 1.11 bits per heavy atom. The predicted molar refractivity (Wildman–Crippen MR) is 70.0 cm³/mol. The molecule has 1 fully saturated rings. The zero-order valence-corrected chi connectivity index (χ0v) is 11.0. The van der Waals surface area contributed by atoms with Gasteiger partial charge in [-0.25, -0.2) is 8.78 Å². The molecule has 0 spiro atoms. The summed E-state index contributed by atoms with van der Waals surface area (Å²) in [6.45, 7) is 4.45. The number of rotatable bonds is 5. The van der Waals surface area contributed by atoms with E-state index in [-0.39, 0.29) is 0 Å². The highest BCUT2D eigenvalue weighted by Gasteiger charge is 2.10. The smallest absolute Gasteiger partial charge is 0.187 e. The number of aromatic hydroxyl groups is 1. The zero-order valence-electron chi connectivity index (χ0n) is 11.0. The molecule has 3 nitrogen and oxygen atoms in total. The van der Waals surface area contributed by atoms with Gasteiger partial charge in [-0.15, -0.1) is 0 Å². The first-order chi connectivity index (χ1) is 9.16. The maximum Gasteiger partial charge on any atom is 0.187 e. The van der Waals surface area contributed by atoms with E-state index in [0.29, 0.717) is 12.1 Å². The van der Waals surface area contributed by atoms with Crippen molar-refractivity contribution in [2.45, 2.75) is 25.8 Å². The number of piperidine rings is 1. The van der Waals surface area contributed by atoms with Crippen molar-refractivity contribution in [1.29, 1.82) is 0 Å². The number of likely N-dealkylation sites (tertiary alicyclic amines) is 1. The molecular formula is C14H20F2N2O. The fourth-order valence-corrected chi connectivity index (χ4v) is 2.37. The molecule has 1 saturated heterocycles. The highest BCUT2D eigenvalue weighted by molar-refractivity contribution is 5.29. The third-order valence-corrected chi connectivity index (χ3v) is 3.46. The molecule has 2 rings (SSSR count). The van der Waals surface area contributed by atoms with E-state index in [4.69, 9.17) is 5.11 Å². The number of hydrogen-bond donors (Lipinski definition) is 2. The van der Waals surface area contributed by atoms with Gasteiger partial charge in [0.25, 0.3) is 0 Å². The van der Waals surface area contributed by atoms with Gasteiger partial charge < -0.3 is 15.3 Å². The van der Waals surface area contributed by atoms with Gasteiger partial charge in [0, 0.05) is 19.6 Å². The highest BCUT2D eigenvalue weighted by atomic mass is 19.1. The molecule has 5 heteroatoms.